The van der Waals surface area contributed by atoms with E-state index in [-0.39, 0.29) is 18.4 Å². The summed E-state index contributed by atoms with van der Waals surface area (Å²) in [5.41, 5.74) is 1.90. The second-order valence-electron chi connectivity index (χ2n) is 8.19. The van der Waals surface area contributed by atoms with Gasteiger partial charge in [0.05, 0.1) is 19.0 Å². The molecule has 9 heteroatoms. The van der Waals surface area contributed by atoms with Crippen molar-refractivity contribution in [2.24, 2.45) is 5.92 Å². The molecule has 4 rings (SSSR count). The van der Waals surface area contributed by atoms with Crippen molar-refractivity contribution in [2.45, 2.75) is 51.9 Å². The molecule has 31 heavy (non-hydrogen) atoms. The minimum absolute atomic E-state index is 0.0811. The van der Waals surface area contributed by atoms with Crippen molar-refractivity contribution in [3.05, 3.63) is 65.1 Å². The Balaban J connectivity index is 1.39. The Bertz CT molecular complexity index is 1080. The van der Waals surface area contributed by atoms with Crippen LogP contribution in [0.1, 0.15) is 48.2 Å². The maximum Gasteiger partial charge on any atom is 0.435 e. The lowest BCUT2D eigenvalue weighted by atomic mass is 10.1. The second-order valence-corrected chi connectivity index (χ2v) is 8.19. The van der Waals surface area contributed by atoms with E-state index in [2.05, 4.69) is 21.6 Å². The predicted molar refractivity (Wildman–Crippen MR) is 110 cm³/mol. The van der Waals surface area contributed by atoms with E-state index in [0.29, 0.717) is 18.1 Å². The van der Waals surface area contributed by atoms with E-state index in [1.807, 2.05) is 25.1 Å². The van der Waals surface area contributed by atoms with Crippen molar-refractivity contribution in [1.29, 1.82) is 0 Å². The molecule has 2 heterocycles. The first-order valence-corrected chi connectivity index (χ1v) is 10.2. The first-order chi connectivity index (χ1) is 14.7. The molecule has 164 valence electrons. The molecule has 1 aliphatic carbocycles. The molecule has 1 amide bonds. The Morgan fingerprint density at radius 3 is 2.68 bits per heavy atom. The summed E-state index contributed by atoms with van der Waals surface area (Å²) in [6, 6.07) is 10.9. The van der Waals surface area contributed by atoms with E-state index in [9.17, 15) is 18.0 Å². The van der Waals surface area contributed by atoms with Crippen LogP contribution in [0.2, 0.25) is 0 Å². The quantitative estimate of drug-likeness (QED) is 0.594. The highest BCUT2D eigenvalue weighted by Gasteiger charge is 2.38. The van der Waals surface area contributed by atoms with Crippen LogP contribution in [0.3, 0.4) is 0 Å². The van der Waals surface area contributed by atoms with Crippen molar-refractivity contribution >= 4 is 11.7 Å². The van der Waals surface area contributed by atoms with Crippen LogP contribution in [0.4, 0.5) is 19.0 Å². The van der Waals surface area contributed by atoms with E-state index in [4.69, 9.17) is 0 Å². The Morgan fingerprint density at radius 1 is 1.23 bits per heavy atom. The fraction of sp³-hybridized carbons (Fsp3) is 0.409. The molecule has 1 N–H and O–H groups in total. The summed E-state index contributed by atoms with van der Waals surface area (Å²) in [5, 5.41) is 10.8. The monoisotopic (exact) mass is 431 g/mol. The van der Waals surface area contributed by atoms with Crippen molar-refractivity contribution in [3.63, 3.8) is 0 Å². The van der Waals surface area contributed by atoms with Crippen LogP contribution >= 0.6 is 0 Å². The third-order valence-electron chi connectivity index (χ3n) is 5.31. The number of amides is 1. The second kappa shape index (κ2) is 8.20. The molecule has 1 unspecified atom stereocenters. The zero-order valence-electron chi connectivity index (χ0n) is 17.4. The van der Waals surface area contributed by atoms with Gasteiger partial charge < -0.3 is 5.32 Å². The van der Waals surface area contributed by atoms with Gasteiger partial charge in [-0.2, -0.15) is 23.4 Å². The fourth-order valence-electron chi connectivity index (χ4n) is 3.53. The number of benzene rings is 1. The van der Waals surface area contributed by atoms with Crippen molar-refractivity contribution in [3.8, 4) is 0 Å². The minimum atomic E-state index is -4.50. The molecule has 0 saturated heterocycles. The highest BCUT2D eigenvalue weighted by molar-refractivity contribution is 5.91. The van der Waals surface area contributed by atoms with Gasteiger partial charge in [0.25, 0.3) is 0 Å². The molecule has 0 radical (unpaired) electrons. The standard InChI is InChI=1S/C22H24F3N5O/c1-14-4-3-5-16(10-14)13-29-9-8-20(28-29)26-21(31)15(2)12-30-18(17-6-7-17)11-19(27-30)22(23,24)25/h3-5,8-11,15,17H,6-7,12-13H2,1-2H3,(H,26,28,31). The molecule has 1 atom stereocenters. The van der Waals surface area contributed by atoms with Crippen molar-refractivity contribution < 1.29 is 18.0 Å². The van der Waals surface area contributed by atoms with Crippen molar-refractivity contribution in [2.75, 3.05) is 5.32 Å². The zero-order chi connectivity index (χ0) is 22.2. The smallest absolute Gasteiger partial charge is 0.309 e. The number of aryl methyl sites for hydroxylation is 1. The summed E-state index contributed by atoms with van der Waals surface area (Å²) in [6.07, 6.45) is -1.02. The molecule has 1 aliphatic rings. The number of hydrogen-bond acceptors (Lipinski definition) is 3. The number of anilines is 1. The number of halogens is 3. The van der Waals surface area contributed by atoms with E-state index >= 15 is 0 Å². The Labute approximate surface area is 178 Å². The Hall–Kier alpha value is -3.10. The van der Waals surface area contributed by atoms with Crippen LogP contribution in [-0.4, -0.2) is 25.5 Å². The number of hydrogen-bond donors (Lipinski definition) is 1. The average Bonchev–Trinajstić information content (AvgIpc) is 3.30. The Morgan fingerprint density at radius 2 is 2.00 bits per heavy atom. The van der Waals surface area contributed by atoms with Crippen LogP contribution < -0.4 is 5.32 Å². The summed E-state index contributed by atoms with van der Waals surface area (Å²) < 4.78 is 42.3. The van der Waals surface area contributed by atoms with Gasteiger partial charge in [0.2, 0.25) is 5.91 Å². The summed E-state index contributed by atoms with van der Waals surface area (Å²) in [7, 11) is 0. The van der Waals surface area contributed by atoms with E-state index in [1.54, 1.807) is 23.9 Å². The number of carbonyl (C=O) groups is 1. The molecule has 3 aromatic rings. The number of nitrogens with one attached hydrogen (secondary N) is 1. The number of nitrogens with zero attached hydrogens (tertiary/aromatic N) is 4. The highest BCUT2D eigenvalue weighted by Crippen LogP contribution is 2.42. The maximum atomic E-state index is 13.1. The number of carbonyl (C=O) groups excluding carboxylic acids is 1. The summed E-state index contributed by atoms with van der Waals surface area (Å²) in [6.45, 7) is 4.35. The maximum absolute atomic E-state index is 13.1. The highest BCUT2D eigenvalue weighted by atomic mass is 19.4. The number of rotatable bonds is 7. The SMILES string of the molecule is Cc1cccc(Cn2ccc(NC(=O)C(C)Cn3nc(C(F)(F)F)cc3C3CC3)n2)c1. The van der Waals surface area contributed by atoms with E-state index in [1.165, 1.54) is 4.68 Å². The lowest BCUT2D eigenvalue weighted by Crippen LogP contribution is -2.26. The third kappa shape index (κ3) is 5.15. The molecule has 2 aromatic heterocycles. The molecule has 1 saturated carbocycles. The van der Waals surface area contributed by atoms with Gasteiger partial charge in [-0.15, -0.1) is 0 Å². The summed E-state index contributed by atoms with van der Waals surface area (Å²) in [5.74, 6) is -0.383. The van der Waals surface area contributed by atoms with Gasteiger partial charge in [0, 0.05) is 23.9 Å². The summed E-state index contributed by atoms with van der Waals surface area (Å²) >= 11 is 0. The molecule has 1 fully saturated rings. The molecular formula is C22H24F3N5O. The van der Waals surface area contributed by atoms with E-state index < -0.39 is 17.8 Å². The number of aromatic nitrogens is 4. The van der Waals surface area contributed by atoms with Gasteiger partial charge >= 0.3 is 6.18 Å². The van der Waals surface area contributed by atoms with Gasteiger partial charge in [-0.25, -0.2) is 0 Å². The van der Waals surface area contributed by atoms with Crippen LogP contribution in [0.5, 0.6) is 0 Å². The van der Waals surface area contributed by atoms with E-state index in [0.717, 1.165) is 30.0 Å². The molecule has 0 bridgehead atoms. The lowest BCUT2D eigenvalue weighted by molar-refractivity contribution is -0.141. The van der Waals surface area contributed by atoms with Crippen LogP contribution in [0.15, 0.2) is 42.6 Å². The van der Waals surface area contributed by atoms with Gasteiger partial charge in [-0.3, -0.25) is 14.2 Å². The zero-order valence-corrected chi connectivity index (χ0v) is 17.4. The normalized spacial score (nSPS) is 15.1. The van der Waals surface area contributed by atoms with Crippen LogP contribution in [0, 0.1) is 12.8 Å². The largest absolute Gasteiger partial charge is 0.435 e. The summed E-state index contributed by atoms with van der Waals surface area (Å²) in [4.78, 5) is 12.6. The Kier molecular flexibility index (Phi) is 5.60. The molecule has 0 aliphatic heterocycles. The molecule has 0 spiro atoms. The molecular weight excluding hydrogens is 407 g/mol. The third-order valence-corrected chi connectivity index (χ3v) is 5.31. The molecule has 6 nitrogen and oxygen atoms in total. The van der Waals surface area contributed by atoms with Gasteiger partial charge in [-0.1, -0.05) is 36.8 Å². The molecule has 1 aromatic carbocycles. The van der Waals surface area contributed by atoms with Crippen molar-refractivity contribution in [1.82, 2.24) is 19.6 Å². The van der Waals surface area contributed by atoms with Crippen LogP contribution in [-0.2, 0) is 24.1 Å². The fourth-order valence-corrected chi connectivity index (χ4v) is 3.53. The van der Waals surface area contributed by atoms with Gasteiger partial charge in [0.15, 0.2) is 11.5 Å². The van der Waals surface area contributed by atoms with Gasteiger partial charge in [0.1, 0.15) is 0 Å². The minimum Gasteiger partial charge on any atom is -0.309 e. The number of alkyl halides is 3. The lowest BCUT2D eigenvalue weighted by Gasteiger charge is -2.13. The first kappa shape index (κ1) is 21.1. The van der Waals surface area contributed by atoms with Gasteiger partial charge in [-0.05, 0) is 31.4 Å². The first-order valence-electron chi connectivity index (χ1n) is 10.2. The topological polar surface area (TPSA) is 64.7 Å². The van der Waals surface area contributed by atoms with Crippen LogP contribution in [0.25, 0.3) is 0 Å². The average molecular weight is 431 g/mol. The predicted octanol–water partition coefficient (Wildman–Crippen LogP) is 4.61.